The first-order valence-corrected chi connectivity index (χ1v) is 10.1. The van der Waals surface area contributed by atoms with Gasteiger partial charge in [-0.05, 0) is 49.4 Å². The number of rotatable bonds is 8. The van der Waals surface area contributed by atoms with E-state index >= 15 is 0 Å². The van der Waals surface area contributed by atoms with Crippen LogP contribution in [0.5, 0.6) is 0 Å². The molecule has 6 heteroatoms. The maximum absolute atomic E-state index is 13.0. The van der Waals surface area contributed by atoms with Gasteiger partial charge in [0.15, 0.2) is 0 Å². The van der Waals surface area contributed by atoms with E-state index in [1.807, 2.05) is 49.0 Å². The summed E-state index contributed by atoms with van der Waals surface area (Å²) in [6.45, 7) is 13.4. The van der Waals surface area contributed by atoms with E-state index in [9.17, 15) is 9.59 Å². The number of hydrogen-bond donors (Lipinski definition) is 2. The zero-order valence-electron chi connectivity index (χ0n) is 18.8. The van der Waals surface area contributed by atoms with Crippen molar-refractivity contribution >= 4 is 23.3 Å². The summed E-state index contributed by atoms with van der Waals surface area (Å²) >= 11 is 0. The number of carbonyl (C=O) groups is 2. The topological polar surface area (TPSA) is 64.7 Å². The Morgan fingerprint density at radius 1 is 1.14 bits per heavy atom. The number of urea groups is 1. The average Bonchev–Trinajstić information content (AvgIpc) is 2.57. The maximum Gasteiger partial charge on any atom is 0.319 e. The number of hydrogen-bond acceptors (Lipinski definition) is 3. The molecule has 0 radical (unpaired) electrons. The molecule has 3 amide bonds. The Bertz CT molecular complexity index is 665. The van der Waals surface area contributed by atoms with E-state index in [0.29, 0.717) is 19.5 Å². The first kappa shape index (κ1) is 23.8. The van der Waals surface area contributed by atoms with Crippen molar-refractivity contribution in [1.29, 1.82) is 0 Å². The second-order valence-corrected chi connectivity index (χ2v) is 8.74. The molecule has 0 aliphatic carbocycles. The molecule has 1 rings (SSSR count). The molecule has 1 aromatic rings. The zero-order chi connectivity index (χ0) is 21.5. The second-order valence-electron chi connectivity index (χ2n) is 8.74. The van der Waals surface area contributed by atoms with Crippen LogP contribution in [0, 0.1) is 5.41 Å². The van der Waals surface area contributed by atoms with Gasteiger partial charge >= 0.3 is 6.03 Å². The Morgan fingerprint density at radius 2 is 1.79 bits per heavy atom. The van der Waals surface area contributed by atoms with Gasteiger partial charge in [0.05, 0.1) is 0 Å². The highest BCUT2D eigenvalue weighted by molar-refractivity contribution is 5.89. The van der Waals surface area contributed by atoms with E-state index in [1.54, 1.807) is 0 Å². The minimum absolute atomic E-state index is 0.0607. The van der Waals surface area contributed by atoms with Crippen LogP contribution in [0.3, 0.4) is 0 Å². The first-order chi connectivity index (χ1) is 13.0. The number of nitrogens with one attached hydrogen (secondary N) is 2. The Hall–Kier alpha value is -2.24. The average molecular weight is 391 g/mol. The third-order valence-corrected chi connectivity index (χ3v) is 4.62. The molecular weight excluding hydrogens is 352 g/mol. The molecule has 0 fully saturated rings. The minimum Gasteiger partial charge on any atom is -0.377 e. The molecule has 0 spiro atoms. The summed E-state index contributed by atoms with van der Waals surface area (Å²) < 4.78 is 0. The number of carbonyl (C=O) groups excluding carboxylic acids is 2. The SMILES string of the molecule is CCNC(=O)Nc1ccc(N(C)C)c(CN(C(=O)CC(C)(C)C)C(C)CC)c1. The third-order valence-electron chi connectivity index (χ3n) is 4.62. The van der Waals surface area contributed by atoms with E-state index in [2.05, 4.69) is 45.3 Å². The zero-order valence-corrected chi connectivity index (χ0v) is 18.8. The van der Waals surface area contributed by atoms with E-state index in [0.717, 1.165) is 23.4 Å². The number of anilines is 2. The van der Waals surface area contributed by atoms with Gasteiger partial charge in [0.25, 0.3) is 0 Å². The second kappa shape index (κ2) is 10.3. The number of benzene rings is 1. The lowest BCUT2D eigenvalue weighted by atomic mass is 9.91. The largest absolute Gasteiger partial charge is 0.377 e. The summed E-state index contributed by atoms with van der Waals surface area (Å²) in [4.78, 5) is 28.9. The van der Waals surface area contributed by atoms with Gasteiger partial charge < -0.3 is 20.4 Å². The molecule has 0 saturated carbocycles. The van der Waals surface area contributed by atoms with Gasteiger partial charge in [-0.2, -0.15) is 0 Å². The fourth-order valence-corrected chi connectivity index (χ4v) is 3.01. The highest BCUT2D eigenvalue weighted by Crippen LogP contribution is 2.27. The van der Waals surface area contributed by atoms with Gasteiger partial charge in [0.2, 0.25) is 5.91 Å². The summed E-state index contributed by atoms with van der Waals surface area (Å²) in [6.07, 6.45) is 1.40. The van der Waals surface area contributed by atoms with Gasteiger partial charge in [0.1, 0.15) is 0 Å². The number of nitrogens with zero attached hydrogens (tertiary/aromatic N) is 2. The molecule has 0 aromatic heterocycles. The normalized spacial score (nSPS) is 12.3. The Balaban J connectivity index is 3.20. The molecule has 158 valence electrons. The molecule has 6 nitrogen and oxygen atoms in total. The predicted molar refractivity (Wildman–Crippen MR) is 118 cm³/mol. The summed E-state index contributed by atoms with van der Waals surface area (Å²) in [6, 6.07) is 5.75. The predicted octanol–water partition coefficient (Wildman–Crippen LogP) is 4.46. The van der Waals surface area contributed by atoms with E-state index in [4.69, 9.17) is 0 Å². The molecule has 0 bridgehead atoms. The van der Waals surface area contributed by atoms with Gasteiger partial charge in [-0.15, -0.1) is 0 Å². The lowest BCUT2D eigenvalue weighted by Gasteiger charge is -2.33. The lowest BCUT2D eigenvalue weighted by Crippen LogP contribution is -2.39. The van der Waals surface area contributed by atoms with Crippen molar-refractivity contribution in [3.8, 4) is 0 Å². The first-order valence-electron chi connectivity index (χ1n) is 10.1. The Kier molecular flexibility index (Phi) is 8.79. The maximum atomic E-state index is 13.0. The van der Waals surface area contributed by atoms with Crippen LogP contribution < -0.4 is 15.5 Å². The molecule has 1 atom stereocenters. The van der Waals surface area contributed by atoms with Crippen molar-refractivity contribution in [1.82, 2.24) is 10.2 Å². The van der Waals surface area contributed by atoms with Crippen molar-refractivity contribution < 1.29 is 9.59 Å². The molecule has 0 saturated heterocycles. The monoisotopic (exact) mass is 390 g/mol. The van der Waals surface area contributed by atoms with Crippen LogP contribution in [0.25, 0.3) is 0 Å². The summed E-state index contributed by atoms with van der Waals surface area (Å²) in [5.74, 6) is 0.161. The molecule has 1 aromatic carbocycles. The molecule has 2 N–H and O–H groups in total. The summed E-state index contributed by atoms with van der Waals surface area (Å²) in [5, 5.41) is 5.60. The Labute approximate surface area is 170 Å². The van der Waals surface area contributed by atoms with E-state index in [1.165, 1.54) is 0 Å². The molecule has 0 aliphatic heterocycles. The van der Waals surface area contributed by atoms with E-state index in [-0.39, 0.29) is 23.4 Å². The molecule has 0 aliphatic rings. The van der Waals surface area contributed by atoms with Crippen molar-refractivity contribution in [2.45, 2.75) is 67.0 Å². The van der Waals surface area contributed by atoms with E-state index < -0.39 is 0 Å². The van der Waals surface area contributed by atoms with Crippen molar-refractivity contribution in [3.05, 3.63) is 23.8 Å². The fraction of sp³-hybridized carbons (Fsp3) is 0.636. The Morgan fingerprint density at radius 3 is 2.29 bits per heavy atom. The fourth-order valence-electron chi connectivity index (χ4n) is 3.01. The van der Waals surface area contributed by atoms with Gasteiger partial charge in [-0.1, -0.05) is 27.7 Å². The summed E-state index contributed by atoms with van der Waals surface area (Å²) in [7, 11) is 3.97. The van der Waals surface area contributed by atoms with Gasteiger partial charge in [-0.25, -0.2) is 4.79 Å². The smallest absolute Gasteiger partial charge is 0.319 e. The van der Waals surface area contributed by atoms with Crippen LogP contribution in [0.1, 0.15) is 59.9 Å². The van der Waals surface area contributed by atoms with Crippen LogP contribution in [0.2, 0.25) is 0 Å². The van der Waals surface area contributed by atoms with Crippen LogP contribution in [-0.4, -0.2) is 43.5 Å². The minimum atomic E-state index is -0.228. The van der Waals surface area contributed by atoms with Crippen molar-refractivity contribution in [3.63, 3.8) is 0 Å². The highest BCUT2D eigenvalue weighted by Gasteiger charge is 2.25. The molecule has 0 heterocycles. The van der Waals surface area contributed by atoms with Crippen LogP contribution >= 0.6 is 0 Å². The van der Waals surface area contributed by atoms with Crippen LogP contribution in [-0.2, 0) is 11.3 Å². The molecular formula is C22H38N4O2. The molecule has 28 heavy (non-hydrogen) atoms. The summed E-state index contributed by atoms with van der Waals surface area (Å²) in [5.41, 5.74) is 2.72. The van der Waals surface area contributed by atoms with Crippen molar-refractivity contribution in [2.24, 2.45) is 5.41 Å². The molecule has 1 unspecified atom stereocenters. The quantitative estimate of drug-likeness (QED) is 0.689. The highest BCUT2D eigenvalue weighted by atomic mass is 16.2. The van der Waals surface area contributed by atoms with Crippen molar-refractivity contribution in [2.75, 3.05) is 30.9 Å². The standard InChI is InChI=1S/C22H38N4O2/c1-9-16(3)26(20(27)14-22(4,5)6)15-17-13-18(24-21(28)23-10-2)11-12-19(17)25(7)8/h11-13,16H,9-10,14-15H2,1-8H3,(H2,23,24,28). The lowest BCUT2D eigenvalue weighted by molar-refractivity contribution is -0.135. The third kappa shape index (κ3) is 7.41. The van der Waals surface area contributed by atoms with Crippen LogP contribution in [0.15, 0.2) is 18.2 Å². The van der Waals surface area contributed by atoms with Gasteiger partial charge in [-0.3, -0.25) is 4.79 Å². The van der Waals surface area contributed by atoms with Gasteiger partial charge in [0, 0.05) is 51.0 Å². The number of amides is 3. The van der Waals surface area contributed by atoms with Crippen LogP contribution in [0.4, 0.5) is 16.2 Å².